The lowest BCUT2D eigenvalue weighted by Crippen LogP contribution is -2.48. The summed E-state index contributed by atoms with van der Waals surface area (Å²) in [4.78, 5) is 12.0. The third-order valence-electron chi connectivity index (χ3n) is 3.28. The summed E-state index contributed by atoms with van der Waals surface area (Å²) in [5.41, 5.74) is -0.154. The van der Waals surface area contributed by atoms with Crippen LogP contribution in [0.4, 0.5) is 0 Å². The third kappa shape index (κ3) is 2.81. The van der Waals surface area contributed by atoms with E-state index in [1.54, 1.807) is 0 Å². The van der Waals surface area contributed by atoms with Gasteiger partial charge in [-0.25, -0.2) is 0 Å². The molecule has 2 nitrogen and oxygen atoms in total. The van der Waals surface area contributed by atoms with Gasteiger partial charge in [0.05, 0.1) is 27.2 Å². The fourth-order valence-electron chi connectivity index (χ4n) is 2.14. The highest BCUT2D eigenvalue weighted by Gasteiger charge is 2.35. The van der Waals surface area contributed by atoms with E-state index < -0.39 is 0 Å². The number of hydrogen-bond donors (Lipinski definition) is 0. The molecule has 0 spiro atoms. The Morgan fingerprint density at radius 3 is 1.93 bits per heavy atom. The van der Waals surface area contributed by atoms with Gasteiger partial charge in [0.25, 0.3) is 0 Å². The zero-order valence-corrected chi connectivity index (χ0v) is 10.3. The van der Waals surface area contributed by atoms with E-state index in [1.165, 1.54) is 0 Å². The second-order valence-electron chi connectivity index (χ2n) is 6.27. The zero-order chi connectivity index (χ0) is 11.0. The smallest absolute Gasteiger partial charge is 0.141 e. The van der Waals surface area contributed by atoms with Gasteiger partial charge in [0.15, 0.2) is 0 Å². The Bertz CT molecular complexity index is 215. The largest absolute Gasteiger partial charge is 0.328 e. The van der Waals surface area contributed by atoms with Gasteiger partial charge < -0.3 is 4.48 Å². The van der Waals surface area contributed by atoms with Crippen molar-refractivity contribution in [3.05, 3.63) is 0 Å². The van der Waals surface area contributed by atoms with E-state index in [0.717, 1.165) is 30.4 Å². The topological polar surface area (TPSA) is 17.1 Å². The van der Waals surface area contributed by atoms with Crippen LogP contribution in [-0.4, -0.2) is 37.5 Å². The zero-order valence-electron chi connectivity index (χ0n) is 10.3. The van der Waals surface area contributed by atoms with Crippen molar-refractivity contribution in [2.24, 2.45) is 11.3 Å². The van der Waals surface area contributed by atoms with Gasteiger partial charge in [-0.1, -0.05) is 20.8 Å². The molecule has 0 radical (unpaired) electrons. The molecule has 0 aromatic rings. The monoisotopic (exact) mass is 198 g/mol. The molecular formula is C12H24NO+. The lowest BCUT2D eigenvalue weighted by atomic mass is 9.78. The molecule has 1 saturated heterocycles. The summed E-state index contributed by atoms with van der Waals surface area (Å²) in [5, 5.41) is 0. The standard InChI is InChI=1S/C12H24NO/c1-12(2,3)11(14)10-6-8-13(4,5)9-7-10/h10H,6-9H2,1-5H3/q+1. The van der Waals surface area contributed by atoms with Crippen LogP contribution >= 0.6 is 0 Å². The Morgan fingerprint density at radius 2 is 1.57 bits per heavy atom. The van der Waals surface area contributed by atoms with Gasteiger partial charge in [-0.2, -0.15) is 0 Å². The maximum atomic E-state index is 12.0. The summed E-state index contributed by atoms with van der Waals surface area (Å²) in [6.07, 6.45) is 2.15. The van der Waals surface area contributed by atoms with Crippen LogP contribution in [0, 0.1) is 11.3 Å². The molecule has 0 aromatic heterocycles. The van der Waals surface area contributed by atoms with E-state index in [0.29, 0.717) is 11.7 Å². The molecule has 14 heavy (non-hydrogen) atoms. The maximum absolute atomic E-state index is 12.0. The van der Waals surface area contributed by atoms with E-state index in [-0.39, 0.29) is 5.41 Å². The van der Waals surface area contributed by atoms with Crippen molar-refractivity contribution in [1.29, 1.82) is 0 Å². The SMILES string of the molecule is CC(C)(C)C(=O)C1CC[N+](C)(C)CC1. The average molecular weight is 198 g/mol. The van der Waals surface area contributed by atoms with E-state index in [1.807, 2.05) is 20.8 Å². The molecule has 0 aromatic carbocycles. The van der Waals surface area contributed by atoms with Gasteiger partial charge in [0, 0.05) is 24.2 Å². The Kier molecular flexibility index (Phi) is 3.05. The second-order valence-corrected chi connectivity index (χ2v) is 6.27. The van der Waals surface area contributed by atoms with Crippen molar-refractivity contribution >= 4 is 5.78 Å². The Hall–Kier alpha value is -0.370. The molecule has 0 atom stereocenters. The van der Waals surface area contributed by atoms with Crippen LogP contribution in [0.3, 0.4) is 0 Å². The number of quaternary nitrogens is 1. The molecular weight excluding hydrogens is 174 g/mol. The van der Waals surface area contributed by atoms with Crippen LogP contribution in [-0.2, 0) is 4.79 Å². The first-order chi connectivity index (χ1) is 6.22. The van der Waals surface area contributed by atoms with Gasteiger partial charge in [0.2, 0.25) is 0 Å². The number of carbonyl (C=O) groups is 1. The second kappa shape index (κ2) is 3.65. The highest BCUT2D eigenvalue weighted by atomic mass is 16.1. The molecule has 0 N–H and O–H groups in total. The number of carbonyl (C=O) groups excluding carboxylic acids is 1. The summed E-state index contributed by atoms with van der Waals surface area (Å²) in [6, 6.07) is 0. The molecule has 1 fully saturated rings. The number of piperidine rings is 1. The number of likely N-dealkylation sites (tertiary alicyclic amines) is 1. The highest BCUT2D eigenvalue weighted by molar-refractivity contribution is 5.85. The number of nitrogens with zero attached hydrogens (tertiary/aromatic N) is 1. The van der Waals surface area contributed by atoms with Gasteiger partial charge in [-0.15, -0.1) is 0 Å². The van der Waals surface area contributed by atoms with Gasteiger partial charge in [0.1, 0.15) is 5.78 Å². The minimum Gasteiger partial charge on any atom is -0.328 e. The maximum Gasteiger partial charge on any atom is 0.141 e. The molecule has 0 saturated carbocycles. The minimum atomic E-state index is -0.154. The summed E-state index contributed by atoms with van der Waals surface area (Å²) < 4.78 is 1.08. The predicted molar refractivity (Wildman–Crippen MR) is 59.0 cm³/mol. The molecule has 1 aliphatic rings. The van der Waals surface area contributed by atoms with Crippen LogP contribution < -0.4 is 0 Å². The van der Waals surface area contributed by atoms with Crippen LogP contribution in [0.2, 0.25) is 0 Å². The third-order valence-corrected chi connectivity index (χ3v) is 3.28. The molecule has 2 heteroatoms. The average Bonchev–Trinajstić information content (AvgIpc) is 2.01. The summed E-state index contributed by atoms with van der Waals surface area (Å²) >= 11 is 0. The summed E-state index contributed by atoms with van der Waals surface area (Å²) in [7, 11) is 4.50. The van der Waals surface area contributed by atoms with Gasteiger partial charge in [-0.3, -0.25) is 4.79 Å². The fraction of sp³-hybridized carbons (Fsp3) is 0.917. The molecule has 0 amide bonds. The Labute approximate surface area is 87.9 Å². The first-order valence-corrected chi connectivity index (χ1v) is 5.59. The van der Waals surface area contributed by atoms with Gasteiger partial charge in [-0.05, 0) is 0 Å². The lowest BCUT2D eigenvalue weighted by molar-refractivity contribution is -0.895. The van der Waals surface area contributed by atoms with E-state index in [2.05, 4.69) is 14.1 Å². The Morgan fingerprint density at radius 1 is 1.14 bits per heavy atom. The lowest BCUT2D eigenvalue weighted by Gasteiger charge is -2.38. The molecule has 0 bridgehead atoms. The molecule has 1 aliphatic heterocycles. The summed E-state index contributed by atoms with van der Waals surface area (Å²) in [5.74, 6) is 0.776. The highest BCUT2D eigenvalue weighted by Crippen LogP contribution is 2.28. The normalized spacial score (nSPS) is 23.5. The number of Topliss-reactive ketones (excluding diaryl/α,β-unsaturated/α-hetero) is 1. The van der Waals surface area contributed by atoms with Crippen LogP contribution in [0.5, 0.6) is 0 Å². The van der Waals surface area contributed by atoms with E-state index in [9.17, 15) is 4.79 Å². The van der Waals surface area contributed by atoms with Crippen molar-refractivity contribution in [3.8, 4) is 0 Å². The fourth-order valence-corrected chi connectivity index (χ4v) is 2.14. The van der Waals surface area contributed by atoms with Crippen molar-refractivity contribution < 1.29 is 9.28 Å². The minimum absolute atomic E-state index is 0.154. The van der Waals surface area contributed by atoms with Crippen molar-refractivity contribution in [2.45, 2.75) is 33.6 Å². The Balaban J connectivity index is 2.55. The molecule has 0 aliphatic carbocycles. The van der Waals surface area contributed by atoms with E-state index >= 15 is 0 Å². The molecule has 1 rings (SSSR count). The molecule has 1 heterocycles. The van der Waals surface area contributed by atoms with Crippen molar-refractivity contribution in [1.82, 2.24) is 0 Å². The number of ketones is 1. The number of rotatable bonds is 1. The molecule has 82 valence electrons. The number of hydrogen-bond acceptors (Lipinski definition) is 1. The van der Waals surface area contributed by atoms with Crippen LogP contribution in [0.25, 0.3) is 0 Å². The van der Waals surface area contributed by atoms with Crippen LogP contribution in [0.15, 0.2) is 0 Å². The first-order valence-electron chi connectivity index (χ1n) is 5.59. The molecule has 0 unspecified atom stereocenters. The van der Waals surface area contributed by atoms with Crippen molar-refractivity contribution in [2.75, 3.05) is 27.2 Å². The predicted octanol–water partition coefficient (Wildman–Crippen LogP) is 2.09. The van der Waals surface area contributed by atoms with Crippen LogP contribution in [0.1, 0.15) is 33.6 Å². The first kappa shape index (κ1) is 11.7. The van der Waals surface area contributed by atoms with Gasteiger partial charge >= 0.3 is 0 Å². The quantitative estimate of drug-likeness (QED) is 0.590. The summed E-state index contributed by atoms with van der Waals surface area (Å²) in [6.45, 7) is 8.39. The van der Waals surface area contributed by atoms with E-state index in [4.69, 9.17) is 0 Å². The van der Waals surface area contributed by atoms with Crippen molar-refractivity contribution in [3.63, 3.8) is 0 Å².